The number of nitrogens with one attached hydrogen (secondary N) is 1. The molecular weight excluding hydrogens is 444 g/mol. The van der Waals surface area contributed by atoms with Crippen LogP contribution in [0, 0.1) is 11.8 Å². The van der Waals surface area contributed by atoms with E-state index < -0.39 is 18.0 Å². The number of likely N-dealkylation sites (tertiary alicyclic amines) is 1. The molecule has 0 spiro atoms. The Morgan fingerprint density at radius 2 is 1.66 bits per heavy atom. The number of rotatable bonds is 7. The smallest absolute Gasteiger partial charge is 0.407 e. The lowest BCUT2D eigenvalue weighted by molar-refractivity contribution is -0.149. The number of hydrogen-bond donors (Lipinski definition) is 2. The highest BCUT2D eigenvalue weighted by molar-refractivity contribution is 5.81. The molecule has 7 nitrogen and oxygen atoms in total. The summed E-state index contributed by atoms with van der Waals surface area (Å²) in [5, 5.41) is 12.4. The minimum atomic E-state index is -0.856. The molecule has 1 saturated heterocycles. The van der Waals surface area contributed by atoms with E-state index in [-0.39, 0.29) is 42.9 Å². The third-order valence-corrected chi connectivity index (χ3v) is 7.86. The molecule has 1 unspecified atom stereocenters. The molecule has 0 radical (unpaired) electrons. The minimum absolute atomic E-state index is 0.0173. The number of carboxylic acids is 1. The molecule has 0 aromatic heterocycles. The maximum absolute atomic E-state index is 13.1. The maximum atomic E-state index is 13.1. The molecule has 1 heterocycles. The van der Waals surface area contributed by atoms with E-state index >= 15 is 0 Å². The van der Waals surface area contributed by atoms with Gasteiger partial charge in [-0.2, -0.15) is 0 Å². The van der Waals surface area contributed by atoms with Gasteiger partial charge in [-0.05, 0) is 60.8 Å². The molecule has 0 bridgehead atoms. The number of aliphatic carboxylic acids is 1. The van der Waals surface area contributed by atoms with E-state index in [1.807, 2.05) is 24.3 Å². The van der Waals surface area contributed by atoms with Gasteiger partial charge in [-0.25, -0.2) is 4.79 Å². The lowest BCUT2D eigenvalue weighted by Crippen LogP contribution is -2.51. The molecule has 5 rings (SSSR count). The van der Waals surface area contributed by atoms with Crippen LogP contribution in [0.1, 0.15) is 56.1 Å². The molecule has 2 aromatic carbocycles. The number of ether oxygens (including phenoxy) is 1. The number of amides is 2. The van der Waals surface area contributed by atoms with Crippen LogP contribution < -0.4 is 5.32 Å². The summed E-state index contributed by atoms with van der Waals surface area (Å²) in [5.74, 6) is -1.25. The van der Waals surface area contributed by atoms with Crippen LogP contribution in [0.3, 0.4) is 0 Å². The van der Waals surface area contributed by atoms with Gasteiger partial charge in [-0.1, -0.05) is 48.5 Å². The Kier molecular flexibility index (Phi) is 6.50. The van der Waals surface area contributed by atoms with E-state index in [0.717, 1.165) is 24.0 Å². The number of hydrogen-bond acceptors (Lipinski definition) is 4. The van der Waals surface area contributed by atoms with E-state index in [1.54, 1.807) is 11.8 Å². The lowest BCUT2D eigenvalue weighted by atomic mass is 9.89. The number of carbonyl (C=O) groups is 3. The molecule has 2 amide bonds. The third-order valence-electron chi connectivity index (χ3n) is 7.86. The van der Waals surface area contributed by atoms with Crippen molar-refractivity contribution in [3.05, 3.63) is 59.7 Å². The second-order valence-corrected chi connectivity index (χ2v) is 10.0. The van der Waals surface area contributed by atoms with Crippen molar-refractivity contribution in [3.63, 3.8) is 0 Å². The second kappa shape index (κ2) is 9.72. The van der Waals surface area contributed by atoms with Gasteiger partial charge in [0.1, 0.15) is 6.61 Å². The molecule has 1 saturated carbocycles. The monoisotopic (exact) mass is 476 g/mol. The van der Waals surface area contributed by atoms with Crippen molar-refractivity contribution in [2.45, 2.75) is 57.0 Å². The Bertz CT molecular complexity index is 1080. The number of piperidine rings is 1. The van der Waals surface area contributed by atoms with Gasteiger partial charge in [0.05, 0.1) is 5.92 Å². The first kappa shape index (κ1) is 23.4. The molecule has 3 aliphatic rings. The van der Waals surface area contributed by atoms with Crippen LogP contribution in [-0.4, -0.2) is 53.2 Å². The number of fused-ring (bicyclic) bond motifs is 3. The number of carboxylic acid groups (broad SMARTS) is 1. The summed E-state index contributed by atoms with van der Waals surface area (Å²) in [6.07, 6.45) is 2.87. The van der Waals surface area contributed by atoms with E-state index in [9.17, 15) is 19.5 Å². The van der Waals surface area contributed by atoms with Crippen LogP contribution in [0.2, 0.25) is 0 Å². The van der Waals surface area contributed by atoms with Gasteiger partial charge >= 0.3 is 12.1 Å². The molecular formula is C28H32N2O5. The van der Waals surface area contributed by atoms with Gasteiger partial charge in [-0.3, -0.25) is 9.59 Å². The van der Waals surface area contributed by atoms with Crippen LogP contribution in [0.4, 0.5) is 4.79 Å². The largest absolute Gasteiger partial charge is 0.481 e. The predicted octanol–water partition coefficient (Wildman–Crippen LogP) is 4.41. The number of benzene rings is 2. The fraction of sp³-hybridized carbons (Fsp3) is 0.464. The maximum Gasteiger partial charge on any atom is 0.407 e. The molecule has 2 aromatic rings. The van der Waals surface area contributed by atoms with Gasteiger partial charge < -0.3 is 20.1 Å². The zero-order valence-corrected chi connectivity index (χ0v) is 20.0. The van der Waals surface area contributed by atoms with Crippen LogP contribution in [0.15, 0.2) is 48.5 Å². The summed E-state index contributed by atoms with van der Waals surface area (Å²) < 4.78 is 5.69. The average Bonchev–Trinajstić information content (AvgIpc) is 3.65. The average molecular weight is 477 g/mol. The Labute approximate surface area is 205 Å². The zero-order chi connectivity index (χ0) is 24.5. The molecule has 1 aliphatic heterocycles. The first-order valence-electron chi connectivity index (χ1n) is 12.6. The first-order chi connectivity index (χ1) is 16.9. The Hall–Kier alpha value is -3.35. The fourth-order valence-corrected chi connectivity index (χ4v) is 5.76. The highest BCUT2D eigenvalue weighted by Crippen LogP contribution is 2.44. The van der Waals surface area contributed by atoms with E-state index in [0.29, 0.717) is 19.4 Å². The first-order valence-corrected chi connectivity index (χ1v) is 12.6. The normalized spacial score (nSPS) is 22.1. The van der Waals surface area contributed by atoms with E-state index in [2.05, 4.69) is 29.6 Å². The van der Waals surface area contributed by atoms with Crippen LogP contribution in [-0.2, 0) is 14.3 Å². The summed E-state index contributed by atoms with van der Waals surface area (Å²) in [7, 11) is 0. The Balaban J connectivity index is 1.21. The summed E-state index contributed by atoms with van der Waals surface area (Å²) in [6.45, 7) is 2.60. The van der Waals surface area contributed by atoms with Crippen molar-refractivity contribution in [2.24, 2.45) is 11.8 Å². The molecule has 3 atom stereocenters. The molecule has 184 valence electrons. The van der Waals surface area contributed by atoms with Crippen molar-refractivity contribution in [2.75, 3.05) is 13.2 Å². The van der Waals surface area contributed by atoms with Gasteiger partial charge in [0.15, 0.2) is 0 Å². The quantitative estimate of drug-likeness (QED) is 0.617. The third kappa shape index (κ3) is 4.77. The van der Waals surface area contributed by atoms with Crippen molar-refractivity contribution < 1.29 is 24.2 Å². The van der Waals surface area contributed by atoms with Crippen LogP contribution >= 0.6 is 0 Å². The summed E-state index contributed by atoms with van der Waals surface area (Å²) in [4.78, 5) is 39.1. The standard InChI is InChI=1S/C28H32N2O5/c1-17-19(27(32)33)11-6-14-30(17)26(31)15-25(18-12-13-18)29-28(34)35-16-24-22-9-4-2-7-20(22)21-8-3-5-10-23(21)24/h2-5,7-10,17-19,24-25H,6,11-16H2,1H3,(H,29,34)(H,32,33)/t17-,19-,25?/m0/s1. The van der Waals surface area contributed by atoms with Crippen LogP contribution in [0.5, 0.6) is 0 Å². The zero-order valence-electron chi connectivity index (χ0n) is 20.0. The summed E-state index contributed by atoms with van der Waals surface area (Å²) >= 11 is 0. The Morgan fingerprint density at radius 3 is 2.26 bits per heavy atom. The molecule has 2 N–H and O–H groups in total. The predicted molar refractivity (Wildman–Crippen MR) is 131 cm³/mol. The highest BCUT2D eigenvalue weighted by atomic mass is 16.5. The molecule has 35 heavy (non-hydrogen) atoms. The lowest BCUT2D eigenvalue weighted by Gasteiger charge is -2.38. The van der Waals surface area contributed by atoms with Crippen molar-refractivity contribution in [1.82, 2.24) is 10.2 Å². The minimum Gasteiger partial charge on any atom is -0.481 e. The fourth-order valence-electron chi connectivity index (χ4n) is 5.76. The van der Waals surface area contributed by atoms with E-state index in [4.69, 9.17) is 4.74 Å². The summed E-state index contributed by atoms with van der Waals surface area (Å²) in [6, 6.07) is 15.8. The molecule has 2 aliphatic carbocycles. The topological polar surface area (TPSA) is 95.9 Å². The Morgan fingerprint density at radius 1 is 1.03 bits per heavy atom. The number of alkyl carbamates (subject to hydrolysis) is 1. The van der Waals surface area contributed by atoms with E-state index in [1.165, 1.54) is 11.1 Å². The van der Waals surface area contributed by atoms with Gasteiger partial charge in [-0.15, -0.1) is 0 Å². The van der Waals surface area contributed by atoms with Crippen LogP contribution in [0.25, 0.3) is 11.1 Å². The van der Waals surface area contributed by atoms with Crippen molar-refractivity contribution in [1.29, 1.82) is 0 Å². The highest BCUT2D eigenvalue weighted by Gasteiger charge is 2.39. The van der Waals surface area contributed by atoms with Gasteiger partial charge in [0, 0.05) is 31.0 Å². The number of nitrogens with zero attached hydrogens (tertiary/aromatic N) is 1. The molecule has 7 heteroatoms. The van der Waals surface area contributed by atoms with Gasteiger partial charge in [0.25, 0.3) is 0 Å². The number of carbonyl (C=O) groups excluding carboxylic acids is 2. The van der Waals surface area contributed by atoms with Gasteiger partial charge in [0.2, 0.25) is 5.91 Å². The summed E-state index contributed by atoms with van der Waals surface area (Å²) in [5.41, 5.74) is 4.66. The second-order valence-electron chi connectivity index (χ2n) is 10.0. The SMILES string of the molecule is C[C@H]1[C@@H](C(=O)O)CCCN1C(=O)CC(NC(=O)OCC1c2ccccc2-c2ccccc21)C1CC1. The van der Waals surface area contributed by atoms with Crippen molar-refractivity contribution in [3.8, 4) is 11.1 Å². The van der Waals surface area contributed by atoms with Crippen molar-refractivity contribution >= 4 is 18.0 Å². The molecule has 2 fully saturated rings.